The van der Waals surface area contributed by atoms with Crippen LogP contribution in [0.15, 0.2) is 0 Å². The highest BCUT2D eigenvalue weighted by Crippen LogP contribution is 1.93. The van der Waals surface area contributed by atoms with Gasteiger partial charge in [-0.05, 0) is 6.92 Å². The van der Waals surface area contributed by atoms with Crippen molar-refractivity contribution < 1.29 is 9.90 Å². The van der Waals surface area contributed by atoms with Crippen LogP contribution in [0.25, 0.3) is 0 Å². The number of carbonyl (C=O) groups is 1. The summed E-state index contributed by atoms with van der Waals surface area (Å²) in [4.78, 5) is 10.6. The third-order valence-electron chi connectivity index (χ3n) is 0.960. The summed E-state index contributed by atoms with van der Waals surface area (Å²) in [5, 5.41) is 24.5. The maximum atomic E-state index is 10.1. The largest absolute Gasteiger partial charge is 0.480 e. The van der Waals surface area contributed by atoms with Gasteiger partial charge in [-0.2, -0.15) is 10.5 Å². The van der Waals surface area contributed by atoms with Crippen molar-refractivity contribution in [1.82, 2.24) is 4.90 Å². The first-order chi connectivity index (χ1) is 4.63. The van der Waals surface area contributed by atoms with E-state index in [2.05, 4.69) is 0 Å². The fraction of sp³-hybridized carbons (Fsp3) is 0.400. The van der Waals surface area contributed by atoms with Gasteiger partial charge in [0.25, 0.3) is 0 Å². The van der Waals surface area contributed by atoms with Crippen molar-refractivity contribution in [2.45, 2.75) is 13.0 Å². The molecule has 0 fully saturated rings. The first-order valence-corrected chi connectivity index (χ1v) is 2.45. The van der Waals surface area contributed by atoms with Crippen molar-refractivity contribution in [3.63, 3.8) is 0 Å². The molecule has 52 valence electrons. The van der Waals surface area contributed by atoms with Crippen LogP contribution < -0.4 is 0 Å². The van der Waals surface area contributed by atoms with Crippen LogP contribution in [0.1, 0.15) is 6.92 Å². The van der Waals surface area contributed by atoms with Crippen molar-refractivity contribution in [3.8, 4) is 12.4 Å². The topological polar surface area (TPSA) is 88.1 Å². The fourth-order valence-electron chi connectivity index (χ4n) is 0.306. The van der Waals surface area contributed by atoms with Gasteiger partial charge < -0.3 is 5.11 Å². The lowest BCUT2D eigenvalue weighted by Gasteiger charge is -2.08. The van der Waals surface area contributed by atoms with Crippen LogP contribution in [0.5, 0.6) is 0 Å². The van der Waals surface area contributed by atoms with E-state index >= 15 is 0 Å². The predicted molar refractivity (Wildman–Crippen MR) is 30.2 cm³/mol. The molecule has 0 aliphatic heterocycles. The Morgan fingerprint density at radius 3 is 2.10 bits per heavy atom. The maximum absolute atomic E-state index is 10.1. The van der Waals surface area contributed by atoms with E-state index in [1.807, 2.05) is 0 Å². The van der Waals surface area contributed by atoms with Crippen LogP contribution >= 0.6 is 0 Å². The molecule has 0 aromatic carbocycles. The molecule has 0 aromatic heterocycles. The van der Waals surface area contributed by atoms with Gasteiger partial charge in [-0.1, -0.05) is 0 Å². The molecule has 5 heteroatoms. The van der Waals surface area contributed by atoms with Crippen molar-refractivity contribution in [2.24, 2.45) is 0 Å². The molecule has 1 atom stereocenters. The molecule has 0 bridgehead atoms. The SMILES string of the molecule is C[C@@H](C(=O)O)N(C#N)C#N. The summed E-state index contributed by atoms with van der Waals surface area (Å²) in [6.45, 7) is 1.26. The van der Waals surface area contributed by atoms with Crippen LogP contribution in [-0.4, -0.2) is 22.0 Å². The van der Waals surface area contributed by atoms with E-state index < -0.39 is 12.0 Å². The van der Waals surface area contributed by atoms with E-state index in [1.54, 1.807) is 0 Å². The van der Waals surface area contributed by atoms with Crippen LogP contribution in [0.4, 0.5) is 0 Å². The summed E-state index contributed by atoms with van der Waals surface area (Å²) in [7, 11) is 0. The molecular formula is C5H5N3O2. The molecular weight excluding hydrogens is 134 g/mol. The normalized spacial score (nSPS) is 10.7. The van der Waals surface area contributed by atoms with E-state index in [-0.39, 0.29) is 0 Å². The third kappa shape index (κ3) is 1.64. The van der Waals surface area contributed by atoms with Gasteiger partial charge in [-0.25, -0.2) is 9.69 Å². The van der Waals surface area contributed by atoms with Crippen molar-refractivity contribution in [2.75, 3.05) is 0 Å². The minimum absolute atomic E-state index is 0.502. The van der Waals surface area contributed by atoms with Gasteiger partial charge in [0.15, 0.2) is 12.4 Å². The lowest BCUT2D eigenvalue weighted by Crippen LogP contribution is -2.31. The molecule has 0 aromatic rings. The Morgan fingerprint density at radius 2 is 2.00 bits per heavy atom. The van der Waals surface area contributed by atoms with E-state index in [4.69, 9.17) is 15.6 Å². The molecule has 0 saturated carbocycles. The van der Waals surface area contributed by atoms with Crippen molar-refractivity contribution in [1.29, 1.82) is 10.5 Å². The molecule has 0 amide bonds. The third-order valence-corrected chi connectivity index (χ3v) is 0.960. The summed E-state index contributed by atoms with van der Waals surface area (Å²) in [6.07, 6.45) is 2.85. The van der Waals surface area contributed by atoms with Gasteiger partial charge >= 0.3 is 5.97 Å². The quantitative estimate of drug-likeness (QED) is 0.420. The maximum Gasteiger partial charge on any atom is 0.328 e. The van der Waals surface area contributed by atoms with Crippen molar-refractivity contribution >= 4 is 5.97 Å². The highest BCUT2D eigenvalue weighted by Gasteiger charge is 2.18. The monoisotopic (exact) mass is 139 g/mol. The lowest BCUT2D eigenvalue weighted by molar-refractivity contribution is -0.140. The van der Waals surface area contributed by atoms with Crippen LogP contribution in [0.2, 0.25) is 0 Å². The number of carboxylic acids is 1. The van der Waals surface area contributed by atoms with Crippen LogP contribution in [0, 0.1) is 22.9 Å². The zero-order chi connectivity index (χ0) is 8.15. The number of nitrogens with zero attached hydrogens (tertiary/aromatic N) is 3. The summed E-state index contributed by atoms with van der Waals surface area (Å²) in [5.41, 5.74) is 0. The lowest BCUT2D eigenvalue weighted by atomic mass is 10.3. The Balaban J connectivity index is 4.23. The predicted octanol–water partition coefficient (Wildman–Crippen LogP) is -0.276. The second-order valence-electron chi connectivity index (χ2n) is 1.58. The second kappa shape index (κ2) is 3.31. The minimum Gasteiger partial charge on any atom is -0.480 e. The number of hydrogen-bond acceptors (Lipinski definition) is 4. The molecule has 0 spiro atoms. The van der Waals surface area contributed by atoms with E-state index in [0.29, 0.717) is 4.90 Å². The molecule has 0 saturated heterocycles. The zero-order valence-corrected chi connectivity index (χ0v) is 5.27. The highest BCUT2D eigenvalue weighted by atomic mass is 16.4. The number of rotatable bonds is 2. The summed E-state index contributed by atoms with van der Waals surface area (Å²) < 4.78 is 0. The number of nitriles is 2. The molecule has 0 heterocycles. The molecule has 0 aliphatic rings. The Labute approximate surface area is 57.7 Å². The smallest absolute Gasteiger partial charge is 0.328 e. The number of aliphatic carboxylic acids is 1. The summed E-state index contributed by atoms with van der Waals surface area (Å²) >= 11 is 0. The summed E-state index contributed by atoms with van der Waals surface area (Å²) in [6, 6.07) is -1.07. The zero-order valence-electron chi connectivity index (χ0n) is 5.27. The Kier molecular flexibility index (Phi) is 2.73. The Bertz CT molecular complexity index is 198. The van der Waals surface area contributed by atoms with E-state index in [0.717, 1.165) is 0 Å². The first kappa shape index (κ1) is 8.25. The molecule has 0 aliphatic carbocycles. The van der Waals surface area contributed by atoms with Crippen LogP contribution in [0.3, 0.4) is 0 Å². The van der Waals surface area contributed by atoms with Gasteiger partial charge in [0.05, 0.1) is 0 Å². The number of hydrogen-bond donors (Lipinski definition) is 1. The minimum atomic E-state index is -1.19. The second-order valence-corrected chi connectivity index (χ2v) is 1.58. The van der Waals surface area contributed by atoms with Gasteiger partial charge in [0.1, 0.15) is 6.04 Å². The first-order valence-electron chi connectivity index (χ1n) is 2.45. The molecule has 5 nitrogen and oxygen atoms in total. The molecule has 1 N–H and O–H groups in total. The van der Waals surface area contributed by atoms with Crippen molar-refractivity contribution in [3.05, 3.63) is 0 Å². The van der Waals surface area contributed by atoms with E-state index in [1.165, 1.54) is 19.3 Å². The standard InChI is InChI=1S/C5H5N3O2/c1-4(5(9)10)8(2-6)3-7/h4H,1H3,(H,9,10)/t4-/m0/s1. The average molecular weight is 139 g/mol. The molecule has 10 heavy (non-hydrogen) atoms. The van der Waals surface area contributed by atoms with Gasteiger partial charge in [0, 0.05) is 0 Å². The van der Waals surface area contributed by atoms with Gasteiger partial charge in [0.2, 0.25) is 0 Å². The number of carboxylic acid groups (broad SMARTS) is 1. The molecule has 0 rings (SSSR count). The fourth-order valence-corrected chi connectivity index (χ4v) is 0.306. The summed E-state index contributed by atoms with van der Waals surface area (Å²) in [5.74, 6) is -1.19. The Morgan fingerprint density at radius 1 is 1.60 bits per heavy atom. The van der Waals surface area contributed by atoms with Gasteiger partial charge in [-0.15, -0.1) is 0 Å². The van der Waals surface area contributed by atoms with Crippen LogP contribution in [-0.2, 0) is 4.79 Å². The molecule has 0 radical (unpaired) electrons. The van der Waals surface area contributed by atoms with E-state index in [9.17, 15) is 4.79 Å². The average Bonchev–Trinajstić information content (AvgIpc) is 1.90. The molecule has 0 unspecified atom stereocenters. The highest BCUT2D eigenvalue weighted by molar-refractivity contribution is 5.73. The Hall–Kier alpha value is -1.75. The van der Waals surface area contributed by atoms with Gasteiger partial charge in [-0.3, -0.25) is 0 Å².